The van der Waals surface area contributed by atoms with Crippen molar-refractivity contribution in [1.82, 2.24) is 4.98 Å². The Morgan fingerprint density at radius 1 is 1.36 bits per heavy atom. The van der Waals surface area contributed by atoms with E-state index in [0.29, 0.717) is 0 Å². The van der Waals surface area contributed by atoms with Crippen LogP contribution < -0.4 is 0 Å². The van der Waals surface area contributed by atoms with Crippen LogP contribution in [0.4, 0.5) is 0 Å². The average Bonchev–Trinajstić information content (AvgIpc) is 1.83. The molecule has 1 aliphatic carbocycles. The Morgan fingerprint density at radius 3 is 2.73 bits per heavy atom. The van der Waals surface area contributed by atoms with Gasteiger partial charge < -0.3 is 0 Å². The number of nitrogens with zero attached hydrogens (tertiary/aromatic N) is 1. The molecule has 1 aromatic heterocycles. The number of hydrogen-bond donors (Lipinski definition) is 0. The molecule has 1 heterocycles. The van der Waals surface area contributed by atoms with Crippen LogP contribution in [0.5, 0.6) is 0 Å². The van der Waals surface area contributed by atoms with E-state index in [4.69, 9.17) is 0 Å². The van der Waals surface area contributed by atoms with Gasteiger partial charge in [-0.3, -0.25) is 4.98 Å². The van der Waals surface area contributed by atoms with Crippen molar-refractivity contribution >= 4 is 0 Å². The molecule has 0 atom stereocenters. The van der Waals surface area contributed by atoms with Gasteiger partial charge in [0.25, 0.3) is 0 Å². The second-order valence-electron chi connectivity index (χ2n) is 3.33. The van der Waals surface area contributed by atoms with Crippen LogP contribution in [-0.4, -0.2) is 4.98 Å². The van der Waals surface area contributed by atoms with Crippen LogP contribution in [0.2, 0.25) is 0 Å². The number of rotatable bonds is 1. The summed E-state index contributed by atoms with van der Waals surface area (Å²) in [4.78, 5) is 4.50. The van der Waals surface area contributed by atoms with Crippen molar-refractivity contribution in [2.45, 2.75) is 32.1 Å². The van der Waals surface area contributed by atoms with E-state index in [1.165, 1.54) is 25.0 Å². The third-order valence-electron chi connectivity index (χ3n) is 2.43. The Kier molecular flexibility index (Phi) is 1.65. The van der Waals surface area contributed by atoms with Crippen LogP contribution in [-0.2, 0) is 0 Å². The summed E-state index contributed by atoms with van der Waals surface area (Å²) in [6.45, 7) is 2.06. The van der Waals surface area contributed by atoms with Crippen molar-refractivity contribution in [1.29, 1.82) is 0 Å². The van der Waals surface area contributed by atoms with Crippen molar-refractivity contribution in [3.8, 4) is 0 Å². The van der Waals surface area contributed by atoms with Gasteiger partial charge in [0, 0.05) is 17.3 Å². The van der Waals surface area contributed by atoms with Crippen LogP contribution in [0.3, 0.4) is 0 Å². The zero-order valence-corrected chi connectivity index (χ0v) is 6.88. The Morgan fingerprint density at radius 2 is 2.18 bits per heavy atom. The number of pyridine rings is 1. The molecular weight excluding hydrogens is 134 g/mol. The first-order chi connectivity index (χ1) is 5.36. The lowest BCUT2D eigenvalue weighted by Gasteiger charge is -2.24. The van der Waals surface area contributed by atoms with E-state index in [0.717, 1.165) is 11.6 Å². The highest BCUT2D eigenvalue weighted by atomic mass is 14.7. The predicted octanol–water partition coefficient (Wildman–Crippen LogP) is 2.66. The minimum absolute atomic E-state index is 0.773. The van der Waals surface area contributed by atoms with Gasteiger partial charge in [0.2, 0.25) is 0 Å². The molecule has 0 bridgehead atoms. The van der Waals surface area contributed by atoms with Crippen LogP contribution in [0.15, 0.2) is 18.2 Å². The molecule has 1 nitrogen and oxygen atoms in total. The number of hydrogen-bond acceptors (Lipinski definition) is 1. The van der Waals surface area contributed by atoms with Crippen molar-refractivity contribution < 1.29 is 0 Å². The lowest BCUT2D eigenvalue weighted by atomic mass is 9.83. The third kappa shape index (κ3) is 1.28. The van der Waals surface area contributed by atoms with E-state index in [1.54, 1.807) is 0 Å². The molecular formula is C10H13N. The molecule has 0 radical (unpaired) electrons. The number of aromatic nitrogens is 1. The molecule has 0 unspecified atom stereocenters. The highest BCUT2D eigenvalue weighted by Crippen LogP contribution is 2.34. The summed E-state index contributed by atoms with van der Waals surface area (Å²) in [5, 5.41) is 0. The van der Waals surface area contributed by atoms with Gasteiger partial charge in [-0.2, -0.15) is 0 Å². The van der Waals surface area contributed by atoms with Crippen LogP contribution in [0, 0.1) is 6.92 Å². The summed E-state index contributed by atoms with van der Waals surface area (Å²) in [5.41, 5.74) is 2.45. The van der Waals surface area contributed by atoms with E-state index in [1.807, 2.05) is 0 Å². The predicted molar refractivity (Wildman–Crippen MR) is 45.6 cm³/mol. The minimum Gasteiger partial charge on any atom is -0.258 e. The van der Waals surface area contributed by atoms with Crippen molar-refractivity contribution in [2.75, 3.05) is 0 Å². The molecule has 0 aromatic carbocycles. The van der Waals surface area contributed by atoms with E-state index in [-0.39, 0.29) is 0 Å². The largest absolute Gasteiger partial charge is 0.258 e. The van der Waals surface area contributed by atoms with E-state index >= 15 is 0 Å². The standard InChI is InChI=1S/C10H13N/c1-8-4-2-7-10(11-8)9-5-3-6-9/h2,4,7,9H,3,5-6H2,1H3. The Balaban J connectivity index is 2.23. The second-order valence-corrected chi connectivity index (χ2v) is 3.33. The van der Waals surface area contributed by atoms with E-state index in [2.05, 4.69) is 30.1 Å². The fourth-order valence-electron chi connectivity index (χ4n) is 1.50. The fraction of sp³-hybridized carbons (Fsp3) is 0.500. The first-order valence-electron chi connectivity index (χ1n) is 4.30. The van der Waals surface area contributed by atoms with Gasteiger partial charge in [-0.15, -0.1) is 0 Å². The zero-order chi connectivity index (χ0) is 7.68. The Hall–Kier alpha value is -0.850. The molecule has 0 N–H and O–H groups in total. The molecule has 1 heteroatoms. The van der Waals surface area contributed by atoms with Crippen molar-refractivity contribution in [3.05, 3.63) is 29.6 Å². The smallest absolute Gasteiger partial charge is 0.0437 e. The van der Waals surface area contributed by atoms with Crippen LogP contribution in [0.25, 0.3) is 0 Å². The zero-order valence-electron chi connectivity index (χ0n) is 6.88. The van der Waals surface area contributed by atoms with Gasteiger partial charge in [0.15, 0.2) is 0 Å². The van der Waals surface area contributed by atoms with Crippen LogP contribution in [0.1, 0.15) is 36.6 Å². The lowest BCUT2D eigenvalue weighted by Crippen LogP contribution is -2.10. The average molecular weight is 147 g/mol. The SMILES string of the molecule is Cc1cccc(C2CCC2)n1. The molecule has 58 valence electrons. The Bertz CT molecular complexity index is 251. The van der Waals surface area contributed by atoms with Gasteiger partial charge in [-0.25, -0.2) is 0 Å². The molecule has 1 fully saturated rings. The number of aryl methyl sites for hydroxylation is 1. The maximum atomic E-state index is 4.50. The first kappa shape index (κ1) is 6.84. The molecule has 1 aromatic rings. The van der Waals surface area contributed by atoms with Gasteiger partial charge in [-0.1, -0.05) is 12.5 Å². The van der Waals surface area contributed by atoms with Gasteiger partial charge >= 0.3 is 0 Å². The molecule has 1 aliphatic rings. The second kappa shape index (κ2) is 2.65. The third-order valence-corrected chi connectivity index (χ3v) is 2.43. The quantitative estimate of drug-likeness (QED) is 0.595. The topological polar surface area (TPSA) is 12.9 Å². The summed E-state index contributed by atoms with van der Waals surface area (Å²) < 4.78 is 0. The molecule has 1 saturated carbocycles. The molecule has 11 heavy (non-hydrogen) atoms. The summed E-state index contributed by atoms with van der Waals surface area (Å²) in [5.74, 6) is 0.773. The van der Waals surface area contributed by atoms with Crippen molar-refractivity contribution in [3.63, 3.8) is 0 Å². The molecule has 0 saturated heterocycles. The van der Waals surface area contributed by atoms with Gasteiger partial charge in [0.1, 0.15) is 0 Å². The summed E-state index contributed by atoms with van der Waals surface area (Å²) in [6.07, 6.45) is 4.08. The van der Waals surface area contributed by atoms with E-state index in [9.17, 15) is 0 Å². The molecule has 2 rings (SSSR count). The summed E-state index contributed by atoms with van der Waals surface area (Å²) in [6, 6.07) is 6.31. The molecule has 0 spiro atoms. The van der Waals surface area contributed by atoms with Gasteiger partial charge in [-0.05, 0) is 31.9 Å². The lowest BCUT2D eigenvalue weighted by molar-refractivity contribution is 0.410. The Labute approximate surface area is 67.5 Å². The van der Waals surface area contributed by atoms with Gasteiger partial charge in [0.05, 0.1) is 0 Å². The molecule has 0 aliphatic heterocycles. The van der Waals surface area contributed by atoms with E-state index < -0.39 is 0 Å². The summed E-state index contributed by atoms with van der Waals surface area (Å²) >= 11 is 0. The highest BCUT2D eigenvalue weighted by molar-refractivity contribution is 5.15. The maximum absolute atomic E-state index is 4.50. The maximum Gasteiger partial charge on any atom is 0.0437 e. The first-order valence-corrected chi connectivity index (χ1v) is 4.30. The molecule has 0 amide bonds. The minimum atomic E-state index is 0.773. The normalized spacial score (nSPS) is 17.9. The van der Waals surface area contributed by atoms with Crippen LogP contribution >= 0.6 is 0 Å². The monoisotopic (exact) mass is 147 g/mol. The summed E-state index contributed by atoms with van der Waals surface area (Å²) in [7, 11) is 0. The fourth-order valence-corrected chi connectivity index (χ4v) is 1.50. The highest BCUT2D eigenvalue weighted by Gasteiger charge is 2.20. The van der Waals surface area contributed by atoms with Crippen molar-refractivity contribution in [2.24, 2.45) is 0 Å².